The molecule has 0 N–H and O–H groups in total. The molecule has 0 saturated heterocycles. The standard InChI is InChI=1S/C21H38/c1-12(2)21(10)19(8)13(3)15-11-16(19)17(20(15,21)9)14(4)18(5,6)7/h12-17H,11H2,1-10H3. The molecule has 0 heteroatoms. The highest BCUT2D eigenvalue weighted by Gasteiger charge is 2.85. The molecule has 8 unspecified atom stereocenters. The van der Waals surface area contributed by atoms with Crippen LogP contribution in [0.2, 0.25) is 0 Å². The molecule has 0 spiro atoms. The maximum atomic E-state index is 2.69. The Morgan fingerprint density at radius 1 is 0.905 bits per heavy atom. The second-order valence-corrected chi connectivity index (χ2v) is 10.8. The smallest absolute Gasteiger partial charge is 0.0184 e. The first-order valence-corrected chi connectivity index (χ1v) is 9.36. The van der Waals surface area contributed by atoms with Gasteiger partial charge in [-0.05, 0) is 63.6 Å². The molecule has 4 rings (SSSR count). The number of hydrogen-bond acceptors (Lipinski definition) is 0. The maximum absolute atomic E-state index is 2.69. The Morgan fingerprint density at radius 2 is 1.43 bits per heavy atom. The van der Waals surface area contributed by atoms with Gasteiger partial charge in [-0.3, -0.25) is 0 Å². The van der Waals surface area contributed by atoms with E-state index in [0.717, 1.165) is 35.5 Å². The molecule has 0 aliphatic heterocycles. The zero-order valence-electron chi connectivity index (χ0n) is 16.2. The molecule has 122 valence electrons. The monoisotopic (exact) mass is 290 g/mol. The summed E-state index contributed by atoms with van der Waals surface area (Å²) in [7, 11) is 0. The molecule has 0 aromatic heterocycles. The average Bonchev–Trinajstić information content (AvgIpc) is 2.88. The molecule has 0 nitrogen and oxygen atoms in total. The zero-order chi connectivity index (χ0) is 16.2. The summed E-state index contributed by atoms with van der Waals surface area (Å²) >= 11 is 0. The van der Waals surface area contributed by atoms with Gasteiger partial charge in [-0.25, -0.2) is 0 Å². The lowest BCUT2D eigenvalue weighted by Crippen LogP contribution is -2.46. The van der Waals surface area contributed by atoms with Crippen LogP contribution < -0.4 is 0 Å². The molecule has 4 bridgehead atoms. The van der Waals surface area contributed by atoms with Crippen LogP contribution >= 0.6 is 0 Å². The molecule has 4 aliphatic carbocycles. The van der Waals surface area contributed by atoms with E-state index in [1.807, 2.05) is 0 Å². The topological polar surface area (TPSA) is 0 Å². The van der Waals surface area contributed by atoms with Crippen molar-refractivity contribution in [1.82, 2.24) is 0 Å². The van der Waals surface area contributed by atoms with E-state index in [-0.39, 0.29) is 0 Å². The van der Waals surface area contributed by atoms with E-state index in [1.54, 1.807) is 0 Å². The van der Waals surface area contributed by atoms with Crippen molar-refractivity contribution in [2.45, 2.75) is 75.7 Å². The summed E-state index contributed by atoms with van der Waals surface area (Å²) in [5.74, 6) is 5.39. The minimum absolute atomic E-state index is 0.433. The summed E-state index contributed by atoms with van der Waals surface area (Å²) in [4.78, 5) is 0. The Bertz CT molecular complexity index is 455. The van der Waals surface area contributed by atoms with E-state index in [1.165, 1.54) is 6.42 Å². The molecule has 4 saturated carbocycles. The van der Waals surface area contributed by atoms with E-state index in [2.05, 4.69) is 69.2 Å². The SMILES string of the molecule is CC(C1C2CC3C(C)C2(C)C(C)(C(C)C)C31C)C(C)(C)C. The summed E-state index contributed by atoms with van der Waals surface area (Å²) in [6, 6.07) is 0. The Labute approximate surface area is 133 Å². The van der Waals surface area contributed by atoms with Crippen molar-refractivity contribution in [3.05, 3.63) is 0 Å². The maximum Gasteiger partial charge on any atom is -0.0184 e. The lowest BCUT2D eigenvalue weighted by Gasteiger charge is -2.51. The van der Waals surface area contributed by atoms with Gasteiger partial charge in [0.25, 0.3) is 0 Å². The van der Waals surface area contributed by atoms with E-state index >= 15 is 0 Å². The van der Waals surface area contributed by atoms with Crippen LogP contribution in [0, 0.1) is 57.2 Å². The Morgan fingerprint density at radius 3 is 1.81 bits per heavy atom. The molecule has 0 aromatic rings. The molecule has 21 heavy (non-hydrogen) atoms. The first kappa shape index (κ1) is 15.9. The predicted octanol–water partition coefficient (Wildman–Crippen LogP) is 6.26. The fraction of sp³-hybridized carbons (Fsp3) is 1.00. The summed E-state index contributed by atoms with van der Waals surface area (Å²) in [5, 5.41) is 0. The highest BCUT2D eigenvalue weighted by atomic mass is 14.9. The highest BCUT2D eigenvalue weighted by molar-refractivity contribution is 5.32. The average molecular weight is 291 g/mol. The van der Waals surface area contributed by atoms with Crippen LogP contribution in [0.1, 0.15) is 75.7 Å². The lowest BCUT2D eigenvalue weighted by atomic mass is 9.53. The second-order valence-electron chi connectivity index (χ2n) is 10.8. The molecule has 0 heterocycles. The van der Waals surface area contributed by atoms with Gasteiger partial charge in [0.2, 0.25) is 0 Å². The Balaban J connectivity index is 2.16. The van der Waals surface area contributed by atoms with Gasteiger partial charge in [-0.15, -0.1) is 0 Å². The summed E-state index contributed by atoms with van der Waals surface area (Å²) in [5.41, 5.74) is 2.05. The van der Waals surface area contributed by atoms with Crippen LogP contribution in [-0.2, 0) is 0 Å². The molecule has 4 fully saturated rings. The predicted molar refractivity (Wildman–Crippen MR) is 92.0 cm³/mol. The minimum atomic E-state index is 0.433. The van der Waals surface area contributed by atoms with Gasteiger partial charge in [-0.1, -0.05) is 69.2 Å². The van der Waals surface area contributed by atoms with Gasteiger partial charge in [0.15, 0.2) is 0 Å². The van der Waals surface area contributed by atoms with Crippen molar-refractivity contribution in [2.75, 3.05) is 0 Å². The number of rotatable bonds is 2. The summed E-state index contributed by atoms with van der Waals surface area (Å²) < 4.78 is 0. The van der Waals surface area contributed by atoms with E-state index < -0.39 is 0 Å². The molecular weight excluding hydrogens is 252 g/mol. The number of hydrogen-bond donors (Lipinski definition) is 0. The third-order valence-electron chi connectivity index (χ3n) is 10.0. The molecule has 0 amide bonds. The fourth-order valence-electron chi connectivity index (χ4n) is 8.25. The summed E-state index contributed by atoms with van der Waals surface area (Å²) in [6.45, 7) is 25.5. The van der Waals surface area contributed by atoms with Crippen LogP contribution in [0.5, 0.6) is 0 Å². The van der Waals surface area contributed by atoms with Gasteiger partial charge in [0.05, 0.1) is 0 Å². The van der Waals surface area contributed by atoms with Gasteiger partial charge in [-0.2, -0.15) is 0 Å². The van der Waals surface area contributed by atoms with Crippen molar-refractivity contribution in [3.63, 3.8) is 0 Å². The quantitative estimate of drug-likeness (QED) is 0.563. The third kappa shape index (κ3) is 1.32. The van der Waals surface area contributed by atoms with Crippen LogP contribution in [0.15, 0.2) is 0 Å². The minimum Gasteiger partial charge on any atom is -0.0622 e. The first-order chi connectivity index (χ1) is 9.36. The molecule has 8 atom stereocenters. The van der Waals surface area contributed by atoms with Crippen molar-refractivity contribution >= 4 is 0 Å². The van der Waals surface area contributed by atoms with Gasteiger partial charge in [0.1, 0.15) is 0 Å². The second kappa shape index (κ2) is 3.90. The van der Waals surface area contributed by atoms with E-state index in [0.29, 0.717) is 21.7 Å². The van der Waals surface area contributed by atoms with Crippen molar-refractivity contribution in [2.24, 2.45) is 57.2 Å². The van der Waals surface area contributed by atoms with E-state index in [4.69, 9.17) is 0 Å². The van der Waals surface area contributed by atoms with E-state index in [9.17, 15) is 0 Å². The lowest BCUT2D eigenvalue weighted by molar-refractivity contribution is -0.0378. The fourth-order valence-corrected chi connectivity index (χ4v) is 8.25. The Hall–Kier alpha value is 0. The summed E-state index contributed by atoms with van der Waals surface area (Å²) in [6.07, 6.45) is 1.52. The van der Waals surface area contributed by atoms with Crippen molar-refractivity contribution in [1.29, 1.82) is 0 Å². The van der Waals surface area contributed by atoms with Crippen LogP contribution in [0.25, 0.3) is 0 Å². The van der Waals surface area contributed by atoms with Gasteiger partial charge >= 0.3 is 0 Å². The highest BCUT2D eigenvalue weighted by Crippen LogP contribution is 2.90. The van der Waals surface area contributed by atoms with Crippen molar-refractivity contribution in [3.8, 4) is 0 Å². The van der Waals surface area contributed by atoms with Gasteiger partial charge in [0, 0.05) is 0 Å². The zero-order valence-corrected chi connectivity index (χ0v) is 16.2. The Kier molecular flexibility index (Phi) is 2.95. The largest absolute Gasteiger partial charge is 0.0622 e. The molecular formula is C21H38. The molecule has 4 aliphatic rings. The molecule has 0 radical (unpaired) electrons. The van der Waals surface area contributed by atoms with Gasteiger partial charge < -0.3 is 0 Å². The molecule has 0 aromatic carbocycles. The first-order valence-electron chi connectivity index (χ1n) is 9.36. The van der Waals surface area contributed by atoms with Crippen LogP contribution in [0.4, 0.5) is 0 Å². The third-order valence-corrected chi connectivity index (χ3v) is 10.0. The van der Waals surface area contributed by atoms with Crippen LogP contribution in [-0.4, -0.2) is 0 Å². The van der Waals surface area contributed by atoms with Crippen molar-refractivity contribution < 1.29 is 0 Å². The normalized spacial score (nSPS) is 56.7. The van der Waals surface area contributed by atoms with Crippen LogP contribution in [0.3, 0.4) is 0 Å².